The highest BCUT2D eigenvalue weighted by Gasteiger charge is 2.10. The Balaban J connectivity index is 2.47. The van der Waals surface area contributed by atoms with Crippen molar-refractivity contribution in [3.8, 4) is 0 Å². The van der Waals surface area contributed by atoms with Crippen molar-refractivity contribution < 1.29 is 4.92 Å². The molecule has 0 spiro atoms. The number of nitrogens with zero attached hydrogens (tertiary/aromatic N) is 2. The van der Waals surface area contributed by atoms with E-state index >= 15 is 0 Å². The van der Waals surface area contributed by atoms with E-state index in [1.54, 1.807) is 6.07 Å². The smallest absolute Gasteiger partial charge is 0.258 e. The second kappa shape index (κ2) is 5.05. The molecule has 88 valence electrons. The minimum absolute atomic E-state index is 0.0552. The predicted octanol–water partition coefficient (Wildman–Crippen LogP) is 3.36. The maximum Gasteiger partial charge on any atom is 0.287 e. The molecule has 16 heavy (non-hydrogen) atoms. The van der Waals surface area contributed by atoms with E-state index in [4.69, 9.17) is 0 Å². The average Bonchev–Trinajstić information content (AvgIpc) is 2.16. The Morgan fingerprint density at radius 3 is 2.50 bits per heavy atom. The molecule has 0 N–H and O–H groups in total. The molecule has 0 aromatic carbocycles. The summed E-state index contributed by atoms with van der Waals surface area (Å²) < 4.78 is 0. The second-order valence-corrected chi connectivity index (χ2v) is 5.18. The first-order chi connectivity index (χ1) is 7.38. The van der Waals surface area contributed by atoms with Crippen LogP contribution in [0.3, 0.4) is 0 Å². The Morgan fingerprint density at radius 1 is 1.38 bits per heavy atom. The van der Waals surface area contributed by atoms with Gasteiger partial charge >= 0.3 is 0 Å². The first kappa shape index (κ1) is 12.6. The predicted molar refractivity (Wildman–Crippen MR) is 63.3 cm³/mol. The van der Waals surface area contributed by atoms with Crippen LogP contribution in [0.5, 0.6) is 0 Å². The molecule has 0 amide bonds. The van der Waals surface area contributed by atoms with Crippen molar-refractivity contribution >= 4 is 5.69 Å². The number of aryl methyl sites for hydroxylation is 1. The van der Waals surface area contributed by atoms with Gasteiger partial charge in [0.2, 0.25) is 0 Å². The highest BCUT2D eigenvalue weighted by molar-refractivity contribution is 5.26. The van der Waals surface area contributed by atoms with E-state index in [-0.39, 0.29) is 5.69 Å². The van der Waals surface area contributed by atoms with Crippen LogP contribution in [0.2, 0.25) is 0 Å². The van der Waals surface area contributed by atoms with E-state index in [0.29, 0.717) is 5.41 Å². The van der Waals surface area contributed by atoms with Crippen molar-refractivity contribution in [2.75, 3.05) is 0 Å². The van der Waals surface area contributed by atoms with Crippen LogP contribution in [0.4, 0.5) is 5.69 Å². The number of hydrogen-bond acceptors (Lipinski definition) is 3. The number of pyridine rings is 1. The van der Waals surface area contributed by atoms with Crippen molar-refractivity contribution in [3.63, 3.8) is 0 Å². The number of hydrogen-bond donors (Lipinski definition) is 0. The zero-order valence-corrected chi connectivity index (χ0v) is 10.1. The van der Waals surface area contributed by atoms with Gasteiger partial charge in [0.25, 0.3) is 5.69 Å². The molecule has 1 aromatic rings. The Hall–Kier alpha value is -1.45. The van der Waals surface area contributed by atoms with Gasteiger partial charge in [-0.15, -0.1) is 0 Å². The van der Waals surface area contributed by atoms with E-state index in [2.05, 4.69) is 25.8 Å². The number of rotatable bonds is 4. The van der Waals surface area contributed by atoms with Gasteiger partial charge in [-0.2, -0.15) is 0 Å². The summed E-state index contributed by atoms with van der Waals surface area (Å²) >= 11 is 0. The van der Waals surface area contributed by atoms with E-state index in [1.807, 2.05) is 0 Å². The third-order valence-corrected chi connectivity index (χ3v) is 2.38. The first-order valence-corrected chi connectivity index (χ1v) is 5.48. The van der Waals surface area contributed by atoms with Gasteiger partial charge in [-0.25, -0.2) is 0 Å². The maximum absolute atomic E-state index is 10.4. The molecule has 1 rings (SSSR count). The molecule has 0 aliphatic rings. The minimum atomic E-state index is -0.425. The summed E-state index contributed by atoms with van der Waals surface area (Å²) in [5.74, 6) is 0. The summed E-state index contributed by atoms with van der Waals surface area (Å²) in [7, 11) is 0. The topological polar surface area (TPSA) is 56.0 Å². The molecule has 0 atom stereocenters. The Labute approximate surface area is 95.9 Å². The van der Waals surface area contributed by atoms with Crippen LogP contribution in [0.25, 0.3) is 0 Å². The molecule has 0 fully saturated rings. The van der Waals surface area contributed by atoms with Gasteiger partial charge in [0.1, 0.15) is 6.20 Å². The molecule has 4 nitrogen and oxygen atoms in total. The van der Waals surface area contributed by atoms with Gasteiger partial charge in [0.05, 0.1) is 4.92 Å². The molecule has 0 radical (unpaired) electrons. The molecule has 0 aliphatic heterocycles. The summed E-state index contributed by atoms with van der Waals surface area (Å²) in [4.78, 5) is 14.1. The van der Waals surface area contributed by atoms with Crippen LogP contribution in [0.15, 0.2) is 18.3 Å². The quantitative estimate of drug-likeness (QED) is 0.579. The zero-order valence-electron chi connectivity index (χ0n) is 10.1. The van der Waals surface area contributed by atoms with E-state index in [0.717, 1.165) is 25.0 Å². The lowest BCUT2D eigenvalue weighted by Gasteiger charge is -2.17. The summed E-state index contributed by atoms with van der Waals surface area (Å²) in [6, 6.07) is 3.25. The Morgan fingerprint density at radius 2 is 2.06 bits per heavy atom. The standard InChI is InChI=1S/C12H18N2O2/c1-12(2,3)8-4-5-10-6-7-11(9-13-10)14(15)16/h6-7,9H,4-5,8H2,1-3H3. The average molecular weight is 222 g/mol. The normalized spacial score (nSPS) is 11.4. The van der Waals surface area contributed by atoms with Gasteiger partial charge in [0.15, 0.2) is 0 Å². The molecular formula is C12H18N2O2. The zero-order chi connectivity index (χ0) is 12.2. The molecule has 0 saturated heterocycles. The molecule has 0 aliphatic carbocycles. The third-order valence-electron chi connectivity index (χ3n) is 2.38. The molecule has 0 bridgehead atoms. The second-order valence-electron chi connectivity index (χ2n) is 5.18. The van der Waals surface area contributed by atoms with E-state index in [1.165, 1.54) is 12.3 Å². The van der Waals surface area contributed by atoms with Crippen molar-refractivity contribution in [3.05, 3.63) is 34.1 Å². The largest absolute Gasteiger partial charge is 0.287 e. The molecular weight excluding hydrogens is 204 g/mol. The van der Waals surface area contributed by atoms with Gasteiger partial charge < -0.3 is 0 Å². The van der Waals surface area contributed by atoms with Gasteiger partial charge in [-0.3, -0.25) is 15.1 Å². The Kier molecular flexibility index (Phi) is 3.99. The highest BCUT2D eigenvalue weighted by Crippen LogP contribution is 2.21. The third kappa shape index (κ3) is 4.38. The summed E-state index contributed by atoms with van der Waals surface area (Å²) in [5.41, 5.74) is 1.32. The Bertz CT molecular complexity index is 352. The summed E-state index contributed by atoms with van der Waals surface area (Å²) in [5, 5.41) is 10.4. The van der Waals surface area contributed by atoms with E-state index < -0.39 is 4.92 Å². The van der Waals surface area contributed by atoms with Crippen molar-refractivity contribution in [2.24, 2.45) is 5.41 Å². The lowest BCUT2D eigenvalue weighted by atomic mass is 9.89. The lowest BCUT2D eigenvalue weighted by molar-refractivity contribution is -0.385. The van der Waals surface area contributed by atoms with Crippen LogP contribution in [0.1, 0.15) is 39.3 Å². The number of aromatic nitrogens is 1. The molecule has 1 aromatic heterocycles. The van der Waals surface area contributed by atoms with Gasteiger partial charge in [-0.1, -0.05) is 20.8 Å². The first-order valence-electron chi connectivity index (χ1n) is 5.48. The molecule has 4 heteroatoms. The van der Waals surface area contributed by atoms with Crippen LogP contribution in [-0.4, -0.2) is 9.91 Å². The SMILES string of the molecule is CC(C)(C)CCCc1ccc([N+](=O)[O-])cn1. The highest BCUT2D eigenvalue weighted by atomic mass is 16.6. The maximum atomic E-state index is 10.4. The van der Waals surface area contributed by atoms with Crippen LogP contribution in [-0.2, 0) is 6.42 Å². The number of nitro groups is 1. The van der Waals surface area contributed by atoms with Crippen LogP contribution >= 0.6 is 0 Å². The van der Waals surface area contributed by atoms with Crippen molar-refractivity contribution in [2.45, 2.75) is 40.0 Å². The fraction of sp³-hybridized carbons (Fsp3) is 0.583. The fourth-order valence-electron chi connectivity index (χ4n) is 1.47. The van der Waals surface area contributed by atoms with Crippen molar-refractivity contribution in [1.29, 1.82) is 0 Å². The summed E-state index contributed by atoms with van der Waals surface area (Å²) in [6.07, 6.45) is 4.40. The lowest BCUT2D eigenvalue weighted by Crippen LogP contribution is -2.05. The van der Waals surface area contributed by atoms with Crippen molar-refractivity contribution in [1.82, 2.24) is 4.98 Å². The van der Waals surface area contributed by atoms with Gasteiger partial charge in [-0.05, 0) is 30.7 Å². The van der Waals surface area contributed by atoms with E-state index in [9.17, 15) is 10.1 Å². The van der Waals surface area contributed by atoms with Crippen LogP contribution in [0, 0.1) is 15.5 Å². The monoisotopic (exact) mass is 222 g/mol. The van der Waals surface area contributed by atoms with Crippen LogP contribution < -0.4 is 0 Å². The minimum Gasteiger partial charge on any atom is -0.258 e. The summed E-state index contributed by atoms with van der Waals surface area (Å²) in [6.45, 7) is 6.61. The molecule has 0 saturated carbocycles. The van der Waals surface area contributed by atoms with Gasteiger partial charge in [0, 0.05) is 11.8 Å². The molecule has 0 unspecified atom stereocenters. The molecule has 1 heterocycles. The fourth-order valence-corrected chi connectivity index (χ4v) is 1.47.